The van der Waals surface area contributed by atoms with Crippen molar-refractivity contribution in [1.29, 1.82) is 0 Å². The maximum Gasteiger partial charge on any atom is 0.306 e. The molecule has 2 aromatic carbocycles. The molecule has 2 fully saturated rings. The van der Waals surface area contributed by atoms with Crippen molar-refractivity contribution < 1.29 is 23.1 Å². The molecule has 9 nitrogen and oxygen atoms in total. The fraction of sp³-hybridized carbons (Fsp3) is 0.407. The van der Waals surface area contributed by atoms with E-state index in [1.807, 2.05) is 30.3 Å². The number of carboxylic acids is 1. The van der Waals surface area contributed by atoms with Crippen LogP contribution in [0.15, 0.2) is 52.3 Å². The van der Waals surface area contributed by atoms with Gasteiger partial charge in [-0.2, -0.15) is 17.0 Å². The maximum absolute atomic E-state index is 12.7. The minimum absolute atomic E-state index is 0.225. The number of hydrogen-bond donors (Lipinski definition) is 1. The predicted molar refractivity (Wildman–Crippen MR) is 159 cm³/mol. The molecule has 0 atom stereocenters. The number of hydrogen-bond acceptors (Lipinski definition) is 6. The van der Waals surface area contributed by atoms with E-state index in [-0.39, 0.29) is 24.9 Å². The lowest BCUT2D eigenvalue weighted by Crippen LogP contribution is -2.52. The molecule has 216 valence electrons. The van der Waals surface area contributed by atoms with E-state index >= 15 is 0 Å². The van der Waals surface area contributed by atoms with E-state index in [9.17, 15) is 23.1 Å². The van der Waals surface area contributed by atoms with Gasteiger partial charge in [0.1, 0.15) is 0 Å². The second-order valence-corrected chi connectivity index (χ2v) is 13.8. The molecule has 4 rings (SSSR count). The molecule has 0 unspecified atom stereocenters. The number of benzene rings is 2. The summed E-state index contributed by atoms with van der Waals surface area (Å²) in [6.07, 6.45) is 4.30. The topological polar surface area (TPSA) is 101 Å². The molecule has 2 heterocycles. The van der Waals surface area contributed by atoms with E-state index in [1.165, 1.54) is 40.5 Å². The molecular weight excluding hydrogens is 595 g/mol. The summed E-state index contributed by atoms with van der Waals surface area (Å²) in [6, 6.07) is 11.7. The third kappa shape index (κ3) is 7.13. The molecule has 2 saturated heterocycles. The molecular formula is C27H32Cl2N4O5S2. The van der Waals surface area contributed by atoms with Gasteiger partial charge < -0.3 is 14.9 Å². The molecule has 2 aliphatic rings. The monoisotopic (exact) mass is 626 g/mol. The van der Waals surface area contributed by atoms with Crippen molar-refractivity contribution in [3.63, 3.8) is 0 Å². The molecule has 1 N–H and O–H groups in total. The molecule has 0 saturated carbocycles. The lowest BCUT2D eigenvalue weighted by Gasteiger charge is -2.34. The molecule has 0 radical (unpaired) electrons. The zero-order valence-corrected chi connectivity index (χ0v) is 25.4. The quantitative estimate of drug-likeness (QED) is 0.433. The Kier molecular flexibility index (Phi) is 10.1. The Hall–Kier alpha value is -2.28. The molecule has 2 aromatic rings. The summed E-state index contributed by atoms with van der Waals surface area (Å²) in [7, 11) is -0.527. The van der Waals surface area contributed by atoms with E-state index in [2.05, 4.69) is 11.0 Å². The molecule has 2 aliphatic heterocycles. The second-order valence-electron chi connectivity index (χ2n) is 9.83. The fourth-order valence-electron chi connectivity index (χ4n) is 4.65. The first kappa shape index (κ1) is 30.7. The highest BCUT2D eigenvalue weighted by Crippen LogP contribution is 2.40. The van der Waals surface area contributed by atoms with Gasteiger partial charge in [-0.25, -0.2) is 0 Å². The number of carbonyl (C=O) groups is 2. The Morgan fingerprint density at radius 2 is 1.68 bits per heavy atom. The summed E-state index contributed by atoms with van der Waals surface area (Å²) in [5.41, 5.74) is 1.64. The highest BCUT2D eigenvalue weighted by Gasteiger charge is 2.29. The summed E-state index contributed by atoms with van der Waals surface area (Å²) < 4.78 is 27.1. The minimum atomic E-state index is -3.50. The van der Waals surface area contributed by atoms with Crippen molar-refractivity contribution in [2.24, 2.45) is 5.92 Å². The van der Waals surface area contributed by atoms with Gasteiger partial charge in [-0.3, -0.25) is 9.59 Å². The van der Waals surface area contributed by atoms with Gasteiger partial charge in [0.15, 0.2) is 0 Å². The van der Waals surface area contributed by atoms with Crippen molar-refractivity contribution in [2.45, 2.75) is 22.6 Å². The van der Waals surface area contributed by atoms with Crippen molar-refractivity contribution in [2.75, 3.05) is 58.3 Å². The van der Waals surface area contributed by atoms with Crippen LogP contribution in [0.5, 0.6) is 0 Å². The van der Waals surface area contributed by atoms with Gasteiger partial charge in [-0.05, 0) is 48.7 Å². The average molecular weight is 628 g/mol. The summed E-state index contributed by atoms with van der Waals surface area (Å²) in [6.45, 7) is 2.47. The average Bonchev–Trinajstić information content (AvgIpc) is 2.95. The third-order valence-corrected chi connectivity index (χ3v) is 11.1. The number of halogens is 2. The van der Waals surface area contributed by atoms with Gasteiger partial charge in [0, 0.05) is 74.9 Å². The van der Waals surface area contributed by atoms with E-state index < -0.39 is 16.2 Å². The minimum Gasteiger partial charge on any atom is -0.481 e. The highest BCUT2D eigenvalue weighted by atomic mass is 35.5. The van der Waals surface area contributed by atoms with Crippen LogP contribution in [-0.2, 0) is 19.8 Å². The SMILES string of the molecule is CN(C)S(=O)(=O)N1CCN(C(=O)C=Cc2ccc(Sc3cccc(N4CCC(C(=O)O)CC4)c3)c(Cl)c2Cl)CC1. The van der Waals surface area contributed by atoms with Crippen molar-refractivity contribution >= 4 is 68.8 Å². The first-order valence-electron chi connectivity index (χ1n) is 12.9. The fourth-order valence-corrected chi connectivity index (χ4v) is 7.21. The van der Waals surface area contributed by atoms with Gasteiger partial charge >= 0.3 is 5.97 Å². The summed E-state index contributed by atoms with van der Waals surface area (Å²) >= 11 is 14.7. The zero-order valence-electron chi connectivity index (χ0n) is 22.3. The first-order chi connectivity index (χ1) is 19.0. The number of piperazine rings is 1. The second kappa shape index (κ2) is 13.1. The van der Waals surface area contributed by atoms with Gasteiger partial charge in [-0.1, -0.05) is 47.1 Å². The largest absolute Gasteiger partial charge is 0.481 e. The molecule has 40 heavy (non-hydrogen) atoms. The molecule has 0 bridgehead atoms. The Balaban J connectivity index is 1.38. The van der Waals surface area contributed by atoms with E-state index in [0.717, 1.165) is 15.5 Å². The van der Waals surface area contributed by atoms with Crippen LogP contribution in [0.4, 0.5) is 5.69 Å². The van der Waals surface area contributed by atoms with Crippen LogP contribution in [-0.4, -0.2) is 92.3 Å². The molecule has 0 aliphatic carbocycles. The third-order valence-electron chi connectivity index (χ3n) is 7.08. The van der Waals surface area contributed by atoms with Gasteiger partial charge in [-0.15, -0.1) is 0 Å². The molecule has 13 heteroatoms. The molecule has 0 aromatic heterocycles. The Labute approximate surface area is 249 Å². The van der Waals surface area contributed by atoms with Gasteiger partial charge in [0.05, 0.1) is 16.0 Å². The van der Waals surface area contributed by atoms with Crippen LogP contribution < -0.4 is 4.90 Å². The Bertz CT molecular complexity index is 1390. The highest BCUT2D eigenvalue weighted by molar-refractivity contribution is 7.99. The van der Waals surface area contributed by atoms with Crippen molar-refractivity contribution in [3.8, 4) is 0 Å². The number of rotatable bonds is 8. The number of piperidine rings is 1. The summed E-state index contributed by atoms with van der Waals surface area (Å²) in [5, 5.41) is 9.97. The number of amides is 1. The van der Waals surface area contributed by atoms with Crippen molar-refractivity contribution in [3.05, 3.63) is 58.1 Å². The predicted octanol–water partition coefficient (Wildman–Crippen LogP) is 4.41. The normalized spacial score (nSPS) is 17.6. The number of carbonyl (C=O) groups excluding carboxylic acids is 1. The van der Waals surface area contributed by atoms with Crippen LogP contribution in [0.25, 0.3) is 6.08 Å². The van der Waals surface area contributed by atoms with Crippen molar-refractivity contribution in [1.82, 2.24) is 13.5 Å². The Morgan fingerprint density at radius 3 is 2.30 bits per heavy atom. The standard InChI is InChI=1S/C27H32Cl2N4O5S2/c1-30(2)40(37,38)33-16-14-32(15-17-33)24(34)9-7-19-6-8-23(26(29)25(19)28)39-22-5-3-4-21(18-22)31-12-10-20(11-13-31)27(35)36/h3-9,18,20H,10-17H2,1-2H3,(H,35,36). The van der Waals surface area contributed by atoms with E-state index in [0.29, 0.717) is 54.6 Å². The number of aliphatic carboxylic acids is 1. The maximum atomic E-state index is 12.7. The van der Waals surface area contributed by atoms with Gasteiger partial charge in [0.25, 0.3) is 10.2 Å². The van der Waals surface area contributed by atoms with E-state index in [4.69, 9.17) is 23.2 Å². The smallest absolute Gasteiger partial charge is 0.306 e. The van der Waals surface area contributed by atoms with Crippen LogP contribution in [0.2, 0.25) is 10.0 Å². The van der Waals surface area contributed by atoms with Crippen LogP contribution in [0.1, 0.15) is 18.4 Å². The molecule has 1 amide bonds. The van der Waals surface area contributed by atoms with Gasteiger partial charge in [0.2, 0.25) is 5.91 Å². The number of anilines is 1. The summed E-state index contributed by atoms with van der Waals surface area (Å²) in [4.78, 5) is 29.5. The van der Waals surface area contributed by atoms with Crippen LogP contribution in [0.3, 0.4) is 0 Å². The first-order valence-corrected chi connectivity index (χ1v) is 15.8. The Morgan fingerprint density at radius 1 is 1.00 bits per heavy atom. The van der Waals surface area contributed by atoms with Crippen LogP contribution >= 0.6 is 35.0 Å². The lowest BCUT2D eigenvalue weighted by atomic mass is 9.97. The van der Waals surface area contributed by atoms with E-state index in [1.54, 1.807) is 11.0 Å². The number of nitrogens with zero attached hydrogens (tertiary/aromatic N) is 4. The zero-order chi connectivity index (χ0) is 29.0. The number of carboxylic acid groups (broad SMARTS) is 1. The molecule has 0 spiro atoms. The summed E-state index contributed by atoms with van der Waals surface area (Å²) in [5.74, 6) is -1.24. The lowest BCUT2D eigenvalue weighted by molar-refractivity contribution is -0.142. The van der Waals surface area contributed by atoms with Crippen LogP contribution in [0, 0.1) is 5.92 Å².